The number of hydrogen-bond donors (Lipinski definition) is 2. The normalized spacial score (nSPS) is 19.9. The summed E-state index contributed by atoms with van der Waals surface area (Å²) in [5, 5.41) is 6.71. The van der Waals surface area contributed by atoms with Crippen LogP contribution in [0.3, 0.4) is 0 Å². The molecule has 24 heavy (non-hydrogen) atoms. The van der Waals surface area contributed by atoms with Crippen molar-refractivity contribution in [2.45, 2.75) is 51.0 Å². The second kappa shape index (κ2) is 9.79. The zero-order chi connectivity index (χ0) is 16.1. The Kier molecular flexibility index (Phi) is 8.05. The lowest BCUT2D eigenvalue weighted by Crippen LogP contribution is -2.36. The summed E-state index contributed by atoms with van der Waals surface area (Å²) in [6, 6.07) is 8.61. The predicted molar refractivity (Wildman–Crippen MR) is 104 cm³/mol. The van der Waals surface area contributed by atoms with E-state index in [1.807, 2.05) is 0 Å². The van der Waals surface area contributed by atoms with Gasteiger partial charge in [0.05, 0.1) is 6.04 Å². The highest BCUT2D eigenvalue weighted by Gasteiger charge is 2.29. The van der Waals surface area contributed by atoms with E-state index in [0.29, 0.717) is 12.3 Å². The summed E-state index contributed by atoms with van der Waals surface area (Å²) in [4.78, 5) is 12.4. The first-order valence-electron chi connectivity index (χ1n) is 8.98. The first-order valence-corrected chi connectivity index (χ1v) is 9.77. The van der Waals surface area contributed by atoms with Crippen molar-refractivity contribution in [1.29, 1.82) is 0 Å². The number of halogens is 2. The van der Waals surface area contributed by atoms with Gasteiger partial charge in [0.25, 0.3) is 0 Å². The lowest BCUT2D eigenvalue weighted by atomic mass is 9.77. The van der Waals surface area contributed by atoms with E-state index >= 15 is 0 Å². The van der Waals surface area contributed by atoms with Crippen LogP contribution in [0.5, 0.6) is 0 Å². The molecule has 3 nitrogen and oxygen atoms in total. The van der Waals surface area contributed by atoms with Crippen molar-refractivity contribution in [2.75, 3.05) is 13.1 Å². The van der Waals surface area contributed by atoms with Crippen LogP contribution >= 0.6 is 28.3 Å². The van der Waals surface area contributed by atoms with Crippen LogP contribution in [-0.2, 0) is 4.79 Å². The number of carbonyl (C=O) groups excluding carboxylic acids is 1. The summed E-state index contributed by atoms with van der Waals surface area (Å²) in [6.45, 7) is 2.21. The standard InChI is InChI=1S/C19H27BrN2O.ClH/c20-17-7-5-16(6-8-17)19(15-2-1-3-15)22-18(23)9-4-14-10-12-21-13-11-14;/h5-8,14-15,19,21H,1-4,9-13H2,(H,22,23);1H. The number of nitrogens with one attached hydrogen (secondary N) is 2. The molecule has 0 bridgehead atoms. The van der Waals surface area contributed by atoms with Gasteiger partial charge in [0.2, 0.25) is 5.91 Å². The van der Waals surface area contributed by atoms with Crippen LogP contribution in [0.15, 0.2) is 28.7 Å². The van der Waals surface area contributed by atoms with Gasteiger partial charge < -0.3 is 10.6 Å². The molecule has 0 spiro atoms. The van der Waals surface area contributed by atoms with Crippen LogP contribution in [0.1, 0.15) is 56.6 Å². The largest absolute Gasteiger partial charge is 0.349 e. The number of piperidine rings is 1. The Bertz CT molecular complexity index is 513. The maximum absolute atomic E-state index is 12.4. The van der Waals surface area contributed by atoms with Crippen LogP contribution in [0.25, 0.3) is 0 Å². The molecule has 2 N–H and O–H groups in total. The molecule has 1 aromatic rings. The maximum Gasteiger partial charge on any atom is 0.220 e. The molecule has 3 rings (SSSR count). The van der Waals surface area contributed by atoms with E-state index in [-0.39, 0.29) is 24.4 Å². The topological polar surface area (TPSA) is 41.1 Å². The molecule has 1 atom stereocenters. The average molecular weight is 416 g/mol. The zero-order valence-electron chi connectivity index (χ0n) is 14.1. The van der Waals surface area contributed by atoms with E-state index < -0.39 is 0 Å². The third-order valence-corrected chi connectivity index (χ3v) is 5.93. The molecule has 2 aliphatic rings. The Morgan fingerprint density at radius 1 is 1.17 bits per heavy atom. The molecular weight excluding hydrogens is 388 g/mol. The van der Waals surface area contributed by atoms with Gasteiger partial charge in [0, 0.05) is 10.9 Å². The van der Waals surface area contributed by atoms with Gasteiger partial charge in [-0.3, -0.25) is 4.79 Å². The van der Waals surface area contributed by atoms with Gasteiger partial charge in [-0.15, -0.1) is 12.4 Å². The van der Waals surface area contributed by atoms with Crippen molar-refractivity contribution in [1.82, 2.24) is 10.6 Å². The van der Waals surface area contributed by atoms with Gasteiger partial charge in [0.15, 0.2) is 0 Å². The molecule has 5 heteroatoms. The van der Waals surface area contributed by atoms with E-state index in [1.165, 1.54) is 37.7 Å². The highest BCUT2D eigenvalue weighted by Crippen LogP contribution is 2.38. The SMILES string of the molecule is Cl.O=C(CCC1CCNCC1)NC(c1ccc(Br)cc1)C1CCC1. The quantitative estimate of drug-likeness (QED) is 0.712. The lowest BCUT2D eigenvalue weighted by Gasteiger charge is -2.35. The third kappa shape index (κ3) is 5.47. The van der Waals surface area contributed by atoms with Gasteiger partial charge in [-0.1, -0.05) is 34.5 Å². The van der Waals surface area contributed by atoms with Gasteiger partial charge in [-0.2, -0.15) is 0 Å². The second-order valence-corrected chi connectivity index (χ2v) is 7.94. The summed E-state index contributed by atoms with van der Waals surface area (Å²) in [5.41, 5.74) is 1.24. The Balaban J connectivity index is 0.00000208. The zero-order valence-corrected chi connectivity index (χ0v) is 16.5. The molecule has 1 aliphatic heterocycles. The van der Waals surface area contributed by atoms with Crippen LogP contribution < -0.4 is 10.6 Å². The number of carbonyl (C=O) groups is 1. The highest BCUT2D eigenvalue weighted by molar-refractivity contribution is 9.10. The minimum absolute atomic E-state index is 0. The summed E-state index contributed by atoms with van der Waals surface area (Å²) >= 11 is 3.49. The Morgan fingerprint density at radius 3 is 2.42 bits per heavy atom. The smallest absolute Gasteiger partial charge is 0.220 e. The van der Waals surface area contributed by atoms with Crippen molar-refractivity contribution in [3.8, 4) is 0 Å². The molecule has 1 heterocycles. The Hall–Kier alpha value is -0.580. The van der Waals surface area contributed by atoms with Gasteiger partial charge in [-0.25, -0.2) is 0 Å². The summed E-state index contributed by atoms with van der Waals surface area (Å²) in [5.74, 6) is 1.55. The van der Waals surface area contributed by atoms with Crippen LogP contribution in [0, 0.1) is 11.8 Å². The summed E-state index contributed by atoms with van der Waals surface area (Å²) in [6.07, 6.45) is 7.89. The fourth-order valence-corrected chi connectivity index (χ4v) is 3.93. The molecule has 1 unspecified atom stereocenters. The second-order valence-electron chi connectivity index (χ2n) is 7.02. The van der Waals surface area contributed by atoms with Gasteiger partial charge in [-0.05, 0) is 74.7 Å². The van der Waals surface area contributed by atoms with Gasteiger partial charge in [0.1, 0.15) is 0 Å². The maximum atomic E-state index is 12.4. The number of hydrogen-bond acceptors (Lipinski definition) is 2. The fraction of sp³-hybridized carbons (Fsp3) is 0.632. The Labute approximate surface area is 159 Å². The van der Waals surface area contributed by atoms with Gasteiger partial charge >= 0.3 is 0 Å². The van der Waals surface area contributed by atoms with E-state index in [2.05, 4.69) is 50.8 Å². The lowest BCUT2D eigenvalue weighted by molar-refractivity contribution is -0.122. The van der Waals surface area contributed by atoms with Crippen molar-refractivity contribution in [3.05, 3.63) is 34.3 Å². The van der Waals surface area contributed by atoms with E-state index in [0.717, 1.165) is 29.9 Å². The third-order valence-electron chi connectivity index (χ3n) is 5.41. The molecular formula is C19H28BrClN2O. The number of rotatable bonds is 6. The minimum atomic E-state index is 0. The Morgan fingerprint density at radius 2 is 1.83 bits per heavy atom. The van der Waals surface area contributed by atoms with E-state index in [1.54, 1.807) is 0 Å². The van der Waals surface area contributed by atoms with Crippen molar-refractivity contribution in [2.24, 2.45) is 11.8 Å². The molecule has 1 saturated heterocycles. The first-order chi connectivity index (χ1) is 11.2. The van der Waals surface area contributed by atoms with Crippen LogP contribution in [-0.4, -0.2) is 19.0 Å². The van der Waals surface area contributed by atoms with E-state index in [4.69, 9.17) is 0 Å². The average Bonchev–Trinajstić information content (AvgIpc) is 2.52. The minimum Gasteiger partial charge on any atom is -0.349 e. The molecule has 1 amide bonds. The fourth-order valence-electron chi connectivity index (χ4n) is 3.67. The molecule has 1 saturated carbocycles. The summed E-state index contributed by atoms with van der Waals surface area (Å²) < 4.78 is 1.09. The highest BCUT2D eigenvalue weighted by atomic mass is 79.9. The number of benzene rings is 1. The number of amides is 1. The van der Waals surface area contributed by atoms with Crippen LogP contribution in [0.4, 0.5) is 0 Å². The monoisotopic (exact) mass is 414 g/mol. The molecule has 2 fully saturated rings. The first kappa shape index (κ1) is 19.7. The summed E-state index contributed by atoms with van der Waals surface area (Å²) in [7, 11) is 0. The predicted octanol–water partition coefficient (Wildman–Crippen LogP) is 4.61. The van der Waals surface area contributed by atoms with Crippen molar-refractivity contribution >= 4 is 34.2 Å². The van der Waals surface area contributed by atoms with Crippen molar-refractivity contribution in [3.63, 3.8) is 0 Å². The van der Waals surface area contributed by atoms with E-state index in [9.17, 15) is 4.79 Å². The molecule has 0 aromatic heterocycles. The molecule has 134 valence electrons. The molecule has 1 aliphatic carbocycles. The van der Waals surface area contributed by atoms with Crippen molar-refractivity contribution < 1.29 is 4.79 Å². The molecule has 1 aromatic carbocycles. The van der Waals surface area contributed by atoms with Crippen LogP contribution in [0.2, 0.25) is 0 Å². The molecule has 0 radical (unpaired) electrons.